The number of sulfonamides is 1. The van der Waals surface area contributed by atoms with Crippen molar-refractivity contribution >= 4 is 31.6 Å². The van der Waals surface area contributed by atoms with Crippen LogP contribution >= 0.6 is 15.9 Å². The van der Waals surface area contributed by atoms with Crippen LogP contribution in [-0.2, 0) is 15.8 Å². The molecule has 0 bridgehead atoms. The van der Waals surface area contributed by atoms with Crippen molar-refractivity contribution in [3.05, 3.63) is 46.0 Å². The molecule has 0 saturated heterocycles. The van der Waals surface area contributed by atoms with Gasteiger partial charge < -0.3 is 4.52 Å². The number of nitrogens with one attached hydrogen (secondary N) is 1. The molecule has 1 aromatic heterocycles. The lowest BCUT2D eigenvalue weighted by molar-refractivity contribution is 0.392. The number of halogens is 2. The number of benzene rings is 1. The molecule has 0 radical (unpaired) electrons. The average Bonchev–Trinajstić information content (AvgIpc) is 2.67. The number of hydrogen-bond acceptors (Lipinski definition) is 4. The summed E-state index contributed by atoms with van der Waals surface area (Å²) in [6.45, 7) is 1.67. The van der Waals surface area contributed by atoms with Crippen LogP contribution in [0.25, 0.3) is 0 Å². The Morgan fingerprint density at radius 2 is 2.16 bits per heavy atom. The first-order valence-corrected chi connectivity index (χ1v) is 7.68. The fourth-order valence-corrected chi connectivity index (χ4v) is 3.15. The lowest BCUT2D eigenvalue weighted by atomic mass is 10.3. The third kappa shape index (κ3) is 3.77. The Balaban J connectivity index is 2.17. The Morgan fingerprint density at radius 3 is 2.74 bits per heavy atom. The fourth-order valence-electron chi connectivity index (χ4n) is 1.46. The van der Waals surface area contributed by atoms with Crippen LogP contribution in [-0.4, -0.2) is 13.6 Å². The third-order valence-electron chi connectivity index (χ3n) is 2.21. The molecule has 0 aliphatic rings. The summed E-state index contributed by atoms with van der Waals surface area (Å²) in [5.74, 6) is -0.233. The topological polar surface area (TPSA) is 72.2 Å². The van der Waals surface area contributed by atoms with E-state index in [1.165, 1.54) is 18.2 Å². The lowest BCUT2D eigenvalue weighted by Crippen LogP contribution is -2.15. The van der Waals surface area contributed by atoms with Gasteiger partial charge in [-0.1, -0.05) is 5.16 Å². The Kier molecular flexibility index (Phi) is 3.91. The van der Waals surface area contributed by atoms with E-state index in [0.717, 1.165) is 0 Å². The number of aryl methyl sites for hydroxylation is 1. The molecule has 0 aliphatic heterocycles. The summed E-state index contributed by atoms with van der Waals surface area (Å²) in [7, 11) is -3.63. The van der Waals surface area contributed by atoms with Crippen LogP contribution in [0.15, 0.2) is 33.3 Å². The van der Waals surface area contributed by atoms with Gasteiger partial charge in [0, 0.05) is 10.5 Å². The molecule has 2 rings (SSSR count). The van der Waals surface area contributed by atoms with Gasteiger partial charge >= 0.3 is 0 Å². The van der Waals surface area contributed by atoms with E-state index >= 15 is 0 Å². The maximum absolute atomic E-state index is 12.9. The normalized spacial score (nSPS) is 11.5. The molecule has 0 fully saturated rings. The maximum Gasteiger partial charge on any atom is 0.238 e. The van der Waals surface area contributed by atoms with Crippen molar-refractivity contribution in [1.29, 1.82) is 0 Å². The molecule has 0 unspecified atom stereocenters. The zero-order valence-electron chi connectivity index (χ0n) is 9.85. The average molecular weight is 349 g/mol. The van der Waals surface area contributed by atoms with Gasteiger partial charge in [0.2, 0.25) is 10.0 Å². The fraction of sp³-hybridized carbons (Fsp3) is 0.182. The highest BCUT2D eigenvalue weighted by atomic mass is 79.9. The minimum Gasteiger partial charge on any atom is -0.361 e. The summed E-state index contributed by atoms with van der Waals surface area (Å²) < 4.78 is 44.2. The Hall–Kier alpha value is -1.41. The third-order valence-corrected chi connectivity index (χ3v) is 4.07. The summed E-state index contributed by atoms with van der Waals surface area (Å²) in [6, 6.07) is 5.23. The van der Waals surface area contributed by atoms with Crippen LogP contribution in [0.3, 0.4) is 0 Å². The van der Waals surface area contributed by atoms with Gasteiger partial charge in [-0.25, -0.2) is 12.8 Å². The Morgan fingerprint density at radius 1 is 1.42 bits per heavy atom. The van der Waals surface area contributed by atoms with Crippen molar-refractivity contribution in [2.24, 2.45) is 0 Å². The minimum atomic E-state index is -3.63. The molecule has 2 aromatic rings. The zero-order valence-corrected chi connectivity index (χ0v) is 12.3. The SMILES string of the molecule is Cc1cc(CS(=O)(=O)Nc2ccc(F)cc2Br)no1. The van der Waals surface area contributed by atoms with Crippen molar-refractivity contribution in [3.8, 4) is 0 Å². The van der Waals surface area contributed by atoms with E-state index in [4.69, 9.17) is 4.52 Å². The largest absolute Gasteiger partial charge is 0.361 e. The second kappa shape index (κ2) is 5.30. The van der Waals surface area contributed by atoms with E-state index < -0.39 is 15.8 Å². The van der Waals surface area contributed by atoms with Crippen LogP contribution in [0.5, 0.6) is 0 Å². The van der Waals surface area contributed by atoms with Gasteiger partial charge in [-0.2, -0.15) is 0 Å². The quantitative estimate of drug-likeness (QED) is 0.921. The summed E-state index contributed by atoms with van der Waals surface area (Å²) in [6.07, 6.45) is 0. The molecule has 0 spiro atoms. The first-order valence-electron chi connectivity index (χ1n) is 5.23. The molecule has 0 amide bonds. The summed E-state index contributed by atoms with van der Waals surface area (Å²) in [5.41, 5.74) is 0.574. The smallest absolute Gasteiger partial charge is 0.238 e. The van der Waals surface area contributed by atoms with Crippen molar-refractivity contribution in [2.45, 2.75) is 12.7 Å². The zero-order chi connectivity index (χ0) is 14.0. The van der Waals surface area contributed by atoms with Gasteiger partial charge in [0.25, 0.3) is 0 Å². The summed E-state index contributed by atoms with van der Waals surface area (Å²) in [4.78, 5) is 0. The molecule has 8 heteroatoms. The van der Waals surface area contributed by atoms with Crippen molar-refractivity contribution in [2.75, 3.05) is 4.72 Å². The van der Waals surface area contributed by atoms with Crippen LogP contribution in [0, 0.1) is 12.7 Å². The highest BCUT2D eigenvalue weighted by Gasteiger charge is 2.16. The van der Waals surface area contributed by atoms with E-state index in [-0.39, 0.29) is 11.4 Å². The van der Waals surface area contributed by atoms with Crippen LogP contribution in [0.4, 0.5) is 10.1 Å². The van der Waals surface area contributed by atoms with Gasteiger partial charge in [0.05, 0.1) is 5.69 Å². The number of rotatable bonds is 4. The van der Waals surface area contributed by atoms with E-state index in [9.17, 15) is 12.8 Å². The molecule has 0 aliphatic carbocycles. The first kappa shape index (κ1) is 14.0. The molecule has 0 saturated carbocycles. The van der Waals surface area contributed by atoms with E-state index in [1.807, 2.05) is 0 Å². The molecule has 1 N–H and O–H groups in total. The number of anilines is 1. The highest BCUT2D eigenvalue weighted by molar-refractivity contribution is 9.10. The first-order chi connectivity index (χ1) is 8.85. The summed E-state index contributed by atoms with van der Waals surface area (Å²) >= 11 is 3.09. The van der Waals surface area contributed by atoms with Gasteiger partial charge in [0.1, 0.15) is 23.0 Å². The highest BCUT2D eigenvalue weighted by Crippen LogP contribution is 2.24. The second-order valence-corrected chi connectivity index (χ2v) is 6.49. The molecule has 1 heterocycles. The van der Waals surface area contributed by atoms with Gasteiger partial charge in [-0.3, -0.25) is 4.72 Å². The van der Waals surface area contributed by atoms with Gasteiger partial charge in [0.15, 0.2) is 0 Å². The van der Waals surface area contributed by atoms with E-state index in [1.54, 1.807) is 13.0 Å². The van der Waals surface area contributed by atoms with Crippen molar-refractivity contribution in [1.82, 2.24) is 5.16 Å². The van der Waals surface area contributed by atoms with E-state index in [2.05, 4.69) is 25.8 Å². The van der Waals surface area contributed by atoms with Gasteiger partial charge in [-0.05, 0) is 41.1 Å². The molecular weight excluding hydrogens is 339 g/mol. The summed E-state index contributed by atoms with van der Waals surface area (Å²) in [5, 5.41) is 3.61. The van der Waals surface area contributed by atoms with Crippen LogP contribution < -0.4 is 4.72 Å². The number of hydrogen-bond donors (Lipinski definition) is 1. The van der Waals surface area contributed by atoms with Crippen LogP contribution in [0.1, 0.15) is 11.5 Å². The number of aromatic nitrogens is 1. The predicted octanol–water partition coefficient (Wildman–Crippen LogP) is 2.83. The number of nitrogens with zero attached hydrogens (tertiary/aromatic N) is 1. The maximum atomic E-state index is 12.9. The monoisotopic (exact) mass is 348 g/mol. The molecule has 1 aromatic carbocycles. The second-order valence-electron chi connectivity index (χ2n) is 3.91. The predicted molar refractivity (Wildman–Crippen MR) is 71.6 cm³/mol. The van der Waals surface area contributed by atoms with Crippen molar-refractivity contribution in [3.63, 3.8) is 0 Å². The minimum absolute atomic E-state index is 0.265. The molecule has 5 nitrogen and oxygen atoms in total. The standard InChI is InChI=1S/C11H10BrFN2O3S/c1-7-4-9(14-18-7)6-19(16,17)15-11-3-2-8(13)5-10(11)12/h2-5,15H,6H2,1H3. The molecule has 102 valence electrons. The lowest BCUT2D eigenvalue weighted by Gasteiger charge is -2.08. The Labute approximate surface area is 118 Å². The van der Waals surface area contributed by atoms with E-state index in [0.29, 0.717) is 15.9 Å². The van der Waals surface area contributed by atoms with Gasteiger partial charge in [-0.15, -0.1) is 0 Å². The molecule has 0 atom stereocenters. The van der Waals surface area contributed by atoms with Crippen molar-refractivity contribution < 1.29 is 17.3 Å². The molecular formula is C11H10BrFN2O3S. The Bertz CT molecular complexity index is 700. The molecule has 19 heavy (non-hydrogen) atoms. The van der Waals surface area contributed by atoms with Crippen LogP contribution in [0.2, 0.25) is 0 Å².